The maximum atomic E-state index is 11.7. The quantitative estimate of drug-likeness (QED) is 0.800. The van der Waals surface area contributed by atoms with Crippen LogP contribution in [0.2, 0.25) is 0 Å². The van der Waals surface area contributed by atoms with Crippen LogP contribution in [0.15, 0.2) is 24.5 Å². The van der Waals surface area contributed by atoms with Gasteiger partial charge in [-0.25, -0.2) is 14.8 Å². The Labute approximate surface area is 166 Å². The third-order valence-corrected chi connectivity index (χ3v) is 5.17. The SMILES string of the molecule is CC(C)N(C(=O)O)C1CC[C@H](c2cc(Nc3ncccn3)nn2C(C)(C)C)C1. The fourth-order valence-corrected chi connectivity index (χ4v) is 4.04. The Kier molecular flexibility index (Phi) is 5.58. The zero-order chi connectivity index (χ0) is 20.5. The van der Waals surface area contributed by atoms with Crippen molar-refractivity contribution in [1.29, 1.82) is 0 Å². The highest BCUT2D eigenvalue weighted by Crippen LogP contribution is 2.40. The van der Waals surface area contributed by atoms with Crippen LogP contribution in [-0.2, 0) is 5.54 Å². The molecule has 2 N–H and O–H groups in total. The summed E-state index contributed by atoms with van der Waals surface area (Å²) in [7, 11) is 0. The molecule has 2 aromatic rings. The predicted octanol–water partition coefficient (Wildman–Crippen LogP) is 4.20. The minimum Gasteiger partial charge on any atom is -0.465 e. The van der Waals surface area contributed by atoms with Gasteiger partial charge in [0.15, 0.2) is 5.82 Å². The molecular weight excluding hydrogens is 356 g/mol. The van der Waals surface area contributed by atoms with Crippen LogP contribution in [0.5, 0.6) is 0 Å². The van der Waals surface area contributed by atoms with E-state index < -0.39 is 6.09 Å². The molecule has 1 amide bonds. The smallest absolute Gasteiger partial charge is 0.407 e. The van der Waals surface area contributed by atoms with E-state index in [2.05, 4.69) is 42.1 Å². The van der Waals surface area contributed by atoms with Gasteiger partial charge in [0.1, 0.15) is 0 Å². The van der Waals surface area contributed by atoms with Crippen LogP contribution < -0.4 is 5.32 Å². The lowest BCUT2D eigenvalue weighted by atomic mass is 10.0. The summed E-state index contributed by atoms with van der Waals surface area (Å²) >= 11 is 0. The molecule has 1 fully saturated rings. The third-order valence-electron chi connectivity index (χ3n) is 5.17. The van der Waals surface area contributed by atoms with Crippen LogP contribution in [0.25, 0.3) is 0 Å². The first-order valence-corrected chi connectivity index (χ1v) is 9.82. The molecule has 8 heteroatoms. The lowest BCUT2D eigenvalue weighted by molar-refractivity contribution is 0.108. The van der Waals surface area contributed by atoms with E-state index in [1.54, 1.807) is 23.4 Å². The Morgan fingerprint density at radius 2 is 1.96 bits per heavy atom. The summed E-state index contributed by atoms with van der Waals surface area (Å²) in [4.78, 5) is 21.7. The minimum absolute atomic E-state index is 0.0266. The van der Waals surface area contributed by atoms with E-state index in [0.29, 0.717) is 11.8 Å². The molecule has 0 aromatic carbocycles. The Hall–Kier alpha value is -2.64. The van der Waals surface area contributed by atoms with Gasteiger partial charge < -0.3 is 15.3 Å². The second-order valence-electron chi connectivity index (χ2n) is 8.68. The van der Waals surface area contributed by atoms with Gasteiger partial charge in [0.2, 0.25) is 5.95 Å². The number of aromatic nitrogens is 4. The maximum absolute atomic E-state index is 11.7. The van der Waals surface area contributed by atoms with Gasteiger partial charge in [-0.3, -0.25) is 4.68 Å². The third kappa shape index (κ3) is 4.26. The summed E-state index contributed by atoms with van der Waals surface area (Å²) in [6.07, 6.45) is 5.16. The van der Waals surface area contributed by atoms with Crippen LogP contribution in [-0.4, -0.2) is 47.9 Å². The zero-order valence-electron chi connectivity index (χ0n) is 17.3. The highest BCUT2D eigenvalue weighted by Gasteiger charge is 2.36. The van der Waals surface area contributed by atoms with E-state index in [0.717, 1.165) is 25.0 Å². The fraction of sp³-hybridized carbons (Fsp3) is 0.600. The van der Waals surface area contributed by atoms with Gasteiger partial charge >= 0.3 is 6.09 Å². The van der Waals surface area contributed by atoms with Gasteiger partial charge in [-0.05, 0) is 59.9 Å². The first-order chi connectivity index (χ1) is 13.2. The van der Waals surface area contributed by atoms with Crippen molar-refractivity contribution in [3.63, 3.8) is 0 Å². The summed E-state index contributed by atoms with van der Waals surface area (Å²) in [6, 6.07) is 3.84. The number of carboxylic acid groups (broad SMARTS) is 1. The molecular formula is C20H30N6O2. The van der Waals surface area contributed by atoms with E-state index in [1.165, 1.54) is 0 Å². The van der Waals surface area contributed by atoms with E-state index in [-0.39, 0.29) is 23.5 Å². The summed E-state index contributed by atoms with van der Waals surface area (Å²) < 4.78 is 2.05. The Balaban J connectivity index is 1.86. The highest BCUT2D eigenvalue weighted by atomic mass is 16.4. The Morgan fingerprint density at radius 3 is 2.54 bits per heavy atom. The number of anilines is 2. The molecule has 1 aliphatic carbocycles. The molecule has 1 saturated carbocycles. The van der Waals surface area contributed by atoms with Gasteiger partial charge in [-0.15, -0.1) is 0 Å². The van der Waals surface area contributed by atoms with Crippen molar-refractivity contribution < 1.29 is 9.90 Å². The molecule has 8 nitrogen and oxygen atoms in total. The Morgan fingerprint density at radius 1 is 1.29 bits per heavy atom. The second-order valence-corrected chi connectivity index (χ2v) is 8.68. The number of nitrogens with one attached hydrogen (secondary N) is 1. The molecule has 0 aliphatic heterocycles. The average Bonchev–Trinajstić information content (AvgIpc) is 3.22. The topological polar surface area (TPSA) is 96.2 Å². The molecule has 2 heterocycles. The monoisotopic (exact) mass is 386 g/mol. The van der Waals surface area contributed by atoms with Crippen LogP contribution in [0, 0.1) is 0 Å². The van der Waals surface area contributed by atoms with Crippen LogP contribution in [0.1, 0.15) is 65.5 Å². The molecule has 2 atom stereocenters. The molecule has 0 radical (unpaired) electrons. The van der Waals surface area contributed by atoms with Crippen molar-refractivity contribution in [2.24, 2.45) is 0 Å². The van der Waals surface area contributed by atoms with Crippen LogP contribution >= 0.6 is 0 Å². The summed E-state index contributed by atoms with van der Waals surface area (Å²) in [5.41, 5.74) is 0.942. The van der Waals surface area contributed by atoms with Crippen molar-refractivity contribution in [3.05, 3.63) is 30.2 Å². The van der Waals surface area contributed by atoms with E-state index in [9.17, 15) is 9.90 Å². The summed E-state index contributed by atoms with van der Waals surface area (Å²) in [6.45, 7) is 10.2. The van der Waals surface area contributed by atoms with E-state index in [1.807, 2.05) is 18.5 Å². The van der Waals surface area contributed by atoms with Crippen molar-refractivity contribution in [3.8, 4) is 0 Å². The van der Waals surface area contributed by atoms with E-state index in [4.69, 9.17) is 5.10 Å². The van der Waals surface area contributed by atoms with E-state index >= 15 is 0 Å². The first kappa shape index (κ1) is 20.1. The lowest BCUT2D eigenvalue weighted by Crippen LogP contribution is -2.42. The number of nitrogens with zero attached hydrogens (tertiary/aromatic N) is 5. The molecule has 0 spiro atoms. The van der Waals surface area contributed by atoms with Gasteiger partial charge in [-0.2, -0.15) is 5.10 Å². The van der Waals surface area contributed by atoms with Crippen molar-refractivity contribution in [1.82, 2.24) is 24.6 Å². The summed E-state index contributed by atoms with van der Waals surface area (Å²) in [5.74, 6) is 1.48. The largest absolute Gasteiger partial charge is 0.465 e. The van der Waals surface area contributed by atoms with Crippen molar-refractivity contribution in [2.75, 3.05) is 5.32 Å². The van der Waals surface area contributed by atoms with Gasteiger partial charge in [-0.1, -0.05) is 0 Å². The van der Waals surface area contributed by atoms with Gasteiger partial charge in [0.05, 0.1) is 5.54 Å². The fourth-order valence-electron chi connectivity index (χ4n) is 4.04. The second kappa shape index (κ2) is 7.77. The molecule has 3 rings (SSSR count). The first-order valence-electron chi connectivity index (χ1n) is 9.82. The molecule has 0 saturated heterocycles. The predicted molar refractivity (Wildman–Crippen MR) is 108 cm³/mol. The zero-order valence-corrected chi connectivity index (χ0v) is 17.3. The molecule has 152 valence electrons. The number of amides is 1. The highest BCUT2D eigenvalue weighted by molar-refractivity contribution is 5.66. The standard InChI is InChI=1S/C20H30N6O2/c1-13(2)25(19(27)28)15-8-7-14(11-15)16-12-17(24-26(16)20(3,4)5)23-18-21-9-6-10-22-18/h6,9-10,12-15H,7-8,11H2,1-5H3,(H,27,28)(H,21,22,23,24)/t14-,15?/m0/s1. The number of carbonyl (C=O) groups is 1. The summed E-state index contributed by atoms with van der Waals surface area (Å²) in [5, 5.41) is 17.5. The maximum Gasteiger partial charge on any atom is 0.407 e. The van der Waals surface area contributed by atoms with Crippen LogP contribution in [0.3, 0.4) is 0 Å². The molecule has 28 heavy (non-hydrogen) atoms. The number of rotatable bonds is 5. The lowest BCUT2D eigenvalue weighted by Gasteiger charge is -2.30. The average molecular weight is 387 g/mol. The molecule has 1 unspecified atom stereocenters. The Bertz CT molecular complexity index is 812. The van der Waals surface area contributed by atoms with Crippen LogP contribution in [0.4, 0.5) is 16.6 Å². The van der Waals surface area contributed by atoms with Crippen molar-refractivity contribution >= 4 is 17.9 Å². The number of hydrogen-bond donors (Lipinski definition) is 2. The van der Waals surface area contributed by atoms with Crippen molar-refractivity contribution in [2.45, 2.75) is 77.4 Å². The molecule has 0 bridgehead atoms. The molecule has 1 aliphatic rings. The number of hydrogen-bond acceptors (Lipinski definition) is 5. The normalized spacial score (nSPS) is 19.8. The van der Waals surface area contributed by atoms with Gasteiger partial charge in [0.25, 0.3) is 0 Å². The molecule has 2 aromatic heterocycles. The minimum atomic E-state index is -0.839. The van der Waals surface area contributed by atoms with Gasteiger partial charge in [0, 0.05) is 42.2 Å².